The summed E-state index contributed by atoms with van der Waals surface area (Å²) >= 11 is 0. The number of halogens is 2. The highest BCUT2D eigenvalue weighted by Crippen LogP contribution is 2.15. The number of Topliss-reactive ketones (excluding diaryl/α,β-unsaturated/α-hetero) is 1. The van der Waals surface area contributed by atoms with Crippen molar-refractivity contribution < 1.29 is 13.6 Å². The molecule has 1 aromatic heterocycles. The summed E-state index contributed by atoms with van der Waals surface area (Å²) in [7, 11) is 0. The third-order valence-electron chi connectivity index (χ3n) is 3.10. The average molecular weight is 303 g/mol. The third kappa shape index (κ3) is 3.46. The van der Waals surface area contributed by atoms with Gasteiger partial charge >= 0.3 is 0 Å². The molecule has 0 saturated carbocycles. The number of carbonyl (C=O) groups excluding carboxylic acids is 1. The van der Waals surface area contributed by atoms with Crippen molar-refractivity contribution in [3.05, 3.63) is 59.3 Å². The Morgan fingerprint density at radius 3 is 2.41 bits per heavy atom. The van der Waals surface area contributed by atoms with E-state index >= 15 is 0 Å². The number of nitrogen functional groups attached to an aromatic ring is 1. The molecule has 6 heteroatoms. The van der Waals surface area contributed by atoms with Crippen molar-refractivity contribution in [1.29, 1.82) is 0 Å². The number of hydrogen-bond acceptors (Lipinski definition) is 3. The zero-order valence-electron chi connectivity index (χ0n) is 12.2. The first kappa shape index (κ1) is 15.6. The molecule has 3 rings (SSSR count). The predicted molar refractivity (Wildman–Crippen MR) is 81.6 cm³/mol. The number of aryl methyl sites for hydroxylation is 1. The highest BCUT2D eigenvalue weighted by molar-refractivity contribution is 5.98. The second kappa shape index (κ2) is 6.34. The molecular formula is C16H15F2N3O. The van der Waals surface area contributed by atoms with Gasteiger partial charge in [0.25, 0.3) is 0 Å². The lowest BCUT2D eigenvalue weighted by Gasteiger charge is -1.99. The zero-order chi connectivity index (χ0) is 16.3. The molecule has 114 valence electrons. The normalized spacial score (nSPS) is 10.2. The van der Waals surface area contributed by atoms with Crippen molar-refractivity contribution in [3.63, 3.8) is 0 Å². The van der Waals surface area contributed by atoms with Crippen LogP contribution in [0.5, 0.6) is 0 Å². The maximum absolute atomic E-state index is 12.6. The fraction of sp³-hybridized carbons (Fsp3) is 0.125. The largest absolute Gasteiger partial charge is 0.398 e. The van der Waals surface area contributed by atoms with Gasteiger partial charge in [0, 0.05) is 28.4 Å². The van der Waals surface area contributed by atoms with E-state index in [-0.39, 0.29) is 17.3 Å². The second-order valence-electron chi connectivity index (χ2n) is 4.80. The number of fused-ring (bicyclic) bond motifs is 1. The Kier molecular flexibility index (Phi) is 4.50. The molecule has 22 heavy (non-hydrogen) atoms. The van der Waals surface area contributed by atoms with E-state index in [1.807, 2.05) is 6.92 Å². The minimum absolute atomic E-state index is 0.150. The van der Waals surface area contributed by atoms with Crippen LogP contribution in [0.3, 0.4) is 0 Å². The average Bonchev–Trinajstić information content (AvgIpc) is 2.80. The maximum Gasteiger partial charge on any atom is 0.161 e. The lowest BCUT2D eigenvalue weighted by atomic mass is 10.1. The molecule has 3 N–H and O–H groups in total. The smallest absolute Gasteiger partial charge is 0.161 e. The van der Waals surface area contributed by atoms with Crippen LogP contribution in [-0.2, 0) is 0 Å². The van der Waals surface area contributed by atoms with Gasteiger partial charge in [-0.15, -0.1) is 0 Å². The van der Waals surface area contributed by atoms with Crippen LogP contribution < -0.4 is 5.73 Å². The topological polar surface area (TPSA) is 71.8 Å². The molecule has 0 amide bonds. The minimum Gasteiger partial charge on any atom is -0.398 e. The Balaban J connectivity index is 0.000000160. The van der Waals surface area contributed by atoms with Gasteiger partial charge in [0.2, 0.25) is 0 Å². The molecule has 0 aliphatic carbocycles. The van der Waals surface area contributed by atoms with E-state index in [2.05, 4.69) is 10.2 Å². The highest BCUT2D eigenvalue weighted by Gasteiger charge is 2.04. The summed E-state index contributed by atoms with van der Waals surface area (Å²) in [6.45, 7) is 3.30. The molecule has 0 unspecified atom stereocenters. The Labute approximate surface area is 126 Å². The monoisotopic (exact) mass is 303 g/mol. The number of nitrogens with zero attached hydrogens (tertiary/aromatic N) is 1. The van der Waals surface area contributed by atoms with Crippen molar-refractivity contribution in [3.8, 4) is 0 Å². The van der Waals surface area contributed by atoms with Crippen LogP contribution in [0.15, 0.2) is 36.4 Å². The molecule has 0 aliphatic heterocycles. The van der Waals surface area contributed by atoms with E-state index in [0.717, 1.165) is 17.1 Å². The van der Waals surface area contributed by atoms with Crippen LogP contribution in [0.1, 0.15) is 23.0 Å². The van der Waals surface area contributed by atoms with Crippen LogP contribution in [0.4, 0.5) is 14.5 Å². The summed E-state index contributed by atoms with van der Waals surface area (Å²) in [5, 5.41) is 7.68. The van der Waals surface area contributed by atoms with Crippen molar-refractivity contribution in [1.82, 2.24) is 10.2 Å². The zero-order valence-corrected chi connectivity index (χ0v) is 12.2. The van der Waals surface area contributed by atoms with E-state index in [0.29, 0.717) is 11.1 Å². The number of aromatic amines is 1. The van der Waals surface area contributed by atoms with Crippen LogP contribution >= 0.6 is 0 Å². The number of hydrogen-bond donors (Lipinski definition) is 2. The lowest BCUT2D eigenvalue weighted by molar-refractivity contribution is 0.101. The van der Waals surface area contributed by atoms with Gasteiger partial charge in [0.05, 0.1) is 5.52 Å². The molecule has 1 heterocycles. The molecule has 3 aromatic rings. The molecule has 0 bridgehead atoms. The number of H-pyrrole nitrogens is 1. The molecule has 0 atom stereocenters. The fourth-order valence-corrected chi connectivity index (χ4v) is 1.97. The third-order valence-corrected chi connectivity index (χ3v) is 3.10. The van der Waals surface area contributed by atoms with Crippen molar-refractivity contribution in [2.45, 2.75) is 13.8 Å². The first-order valence-corrected chi connectivity index (χ1v) is 6.54. The van der Waals surface area contributed by atoms with Gasteiger partial charge in [-0.1, -0.05) is 0 Å². The van der Waals surface area contributed by atoms with Crippen LogP contribution in [0, 0.1) is 18.6 Å². The summed E-state index contributed by atoms with van der Waals surface area (Å²) in [4.78, 5) is 10.8. The van der Waals surface area contributed by atoms with Crippen LogP contribution in [0.2, 0.25) is 0 Å². The number of ketones is 1. The number of carbonyl (C=O) groups is 1. The Bertz CT molecular complexity index is 827. The lowest BCUT2D eigenvalue weighted by Crippen LogP contribution is -1.99. The molecular weight excluding hydrogens is 288 g/mol. The summed E-state index contributed by atoms with van der Waals surface area (Å²) in [6.07, 6.45) is 0. The van der Waals surface area contributed by atoms with Gasteiger partial charge in [0.15, 0.2) is 5.78 Å². The van der Waals surface area contributed by atoms with Gasteiger partial charge in [-0.2, -0.15) is 5.10 Å². The maximum atomic E-state index is 12.6. The quantitative estimate of drug-likeness (QED) is 0.533. The van der Waals surface area contributed by atoms with Gasteiger partial charge < -0.3 is 5.73 Å². The van der Waals surface area contributed by atoms with Crippen molar-refractivity contribution in [2.24, 2.45) is 0 Å². The molecule has 0 saturated heterocycles. The molecule has 2 aromatic carbocycles. The standard InChI is InChI=1S/C8H7FN2.C8H8FNO/c1-5-7-3-2-6(9)4-8(7)11-10-5;1-5(11)7-3-2-6(9)4-8(7)10/h2-4H,1H3,(H,10,11);2-4H,10H2,1H3. The van der Waals surface area contributed by atoms with E-state index in [1.54, 1.807) is 6.07 Å². The van der Waals surface area contributed by atoms with Crippen LogP contribution in [-0.4, -0.2) is 16.0 Å². The van der Waals surface area contributed by atoms with Gasteiger partial charge in [0.1, 0.15) is 11.6 Å². The highest BCUT2D eigenvalue weighted by atomic mass is 19.1. The predicted octanol–water partition coefficient (Wildman–Crippen LogP) is 3.62. The molecule has 0 spiro atoms. The number of anilines is 1. The van der Waals surface area contributed by atoms with Gasteiger partial charge in [-0.3, -0.25) is 9.89 Å². The molecule has 0 fully saturated rings. The number of aromatic nitrogens is 2. The summed E-state index contributed by atoms with van der Waals surface area (Å²) in [5.74, 6) is -0.820. The van der Waals surface area contributed by atoms with E-state index in [1.165, 1.54) is 31.2 Å². The Morgan fingerprint density at radius 2 is 1.77 bits per heavy atom. The van der Waals surface area contributed by atoms with Gasteiger partial charge in [-0.25, -0.2) is 8.78 Å². The SMILES string of the molecule is CC(=O)c1ccc(F)cc1N.Cc1[nH]nc2cc(F)ccc12. The first-order valence-electron chi connectivity index (χ1n) is 6.54. The summed E-state index contributed by atoms with van der Waals surface area (Å²) in [6, 6.07) is 8.31. The fourth-order valence-electron chi connectivity index (χ4n) is 1.97. The van der Waals surface area contributed by atoms with Gasteiger partial charge in [-0.05, 0) is 44.2 Å². The number of benzene rings is 2. The van der Waals surface area contributed by atoms with E-state index in [4.69, 9.17) is 5.73 Å². The number of nitrogens with two attached hydrogens (primary N) is 1. The molecule has 4 nitrogen and oxygen atoms in total. The van der Waals surface area contributed by atoms with Crippen LogP contribution in [0.25, 0.3) is 10.9 Å². The number of rotatable bonds is 1. The summed E-state index contributed by atoms with van der Waals surface area (Å²) in [5.41, 5.74) is 7.58. The Morgan fingerprint density at radius 1 is 1.14 bits per heavy atom. The Hall–Kier alpha value is -2.76. The molecule has 0 radical (unpaired) electrons. The van der Waals surface area contributed by atoms with Crippen molar-refractivity contribution in [2.75, 3.05) is 5.73 Å². The summed E-state index contributed by atoms with van der Waals surface area (Å²) < 4.78 is 25.0. The van der Waals surface area contributed by atoms with E-state index < -0.39 is 5.82 Å². The van der Waals surface area contributed by atoms with E-state index in [9.17, 15) is 13.6 Å². The van der Waals surface area contributed by atoms with Crippen molar-refractivity contribution >= 4 is 22.4 Å². The number of nitrogens with one attached hydrogen (secondary N) is 1. The molecule has 0 aliphatic rings. The minimum atomic E-state index is -0.424. The first-order chi connectivity index (χ1) is 10.4. The second-order valence-corrected chi connectivity index (χ2v) is 4.80.